The van der Waals surface area contributed by atoms with Crippen molar-refractivity contribution in [2.75, 3.05) is 26.0 Å². The fourth-order valence-corrected chi connectivity index (χ4v) is 3.70. The number of nitrogen functional groups attached to an aromatic ring is 1. The summed E-state index contributed by atoms with van der Waals surface area (Å²) < 4.78 is 6.25. The first-order valence-electron chi connectivity index (χ1n) is 7.08. The summed E-state index contributed by atoms with van der Waals surface area (Å²) in [5, 5.41) is 0.971. The lowest BCUT2D eigenvalue weighted by atomic mass is 10.1. The number of aryl methyl sites for hydroxylation is 1. The van der Waals surface area contributed by atoms with E-state index in [2.05, 4.69) is 0 Å². The Morgan fingerprint density at radius 2 is 2.19 bits per heavy atom. The Hall–Kier alpha value is -1.59. The third kappa shape index (κ3) is 2.89. The summed E-state index contributed by atoms with van der Waals surface area (Å²) in [6, 6.07) is 6.01. The molecule has 0 saturated carbocycles. The van der Waals surface area contributed by atoms with Gasteiger partial charge >= 0.3 is 0 Å². The van der Waals surface area contributed by atoms with Crippen LogP contribution in [0, 0.1) is 6.92 Å². The van der Waals surface area contributed by atoms with E-state index in [-0.39, 0.29) is 11.9 Å². The highest BCUT2D eigenvalue weighted by Crippen LogP contribution is 2.36. The van der Waals surface area contributed by atoms with Crippen molar-refractivity contribution < 1.29 is 9.53 Å². The average Bonchev–Trinajstić information content (AvgIpc) is 2.79. The summed E-state index contributed by atoms with van der Waals surface area (Å²) in [6.07, 6.45) is 0. The minimum absolute atomic E-state index is 0.0137. The number of amides is 1. The summed E-state index contributed by atoms with van der Waals surface area (Å²) in [5.41, 5.74) is 7.95. The number of nitrogens with two attached hydrogens (primary N) is 1. The van der Waals surface area contributed by atoms with Gasteiger partial charge in [0.2, 0.25) is 0 Å². The molecule has 1 unspecified atom stereocenters. The summed E-state index contributed by atoms with van der Waals surface area (Å²) in [4.78, 5) is 15.2. The van der Waals surface area contributed by atoms with Gasteiger partial charge in [-0.15, -0.1) is 11.3 Å². The molecule has 0 aliphatic carbocycles. The van der Waals surface area contributed by atoms with Gasteiger partial charge in [-0.2, -0.15) is 0 Å². The van der Waals surface area contributed by atoms with Crippen molar-refractivity contribution >= 4 is 33.0 Å². The van der Waals surface area contributed by atoms with E-state index < -0.39 is 0 Å². The van der Waals surface area contributed by atoms with E-state index in [4.69, 9.17) is 10.5 Å². The van der Waals surface area contributed by atoms with Gasteiger partial charge < -0.3 is 15.4 Å². The molecule has 0 fully saturated rings. The number of ether oxygens (including phenoxy) is 1. The van der Waals surface area contributed by atoms with E-state index in [0.717, 1.165) is 15.6 Å². The molecule has 0 bridgehead atoms. The van der Waals surface area contributed by atoms with E-state index in [1.165, 1.54) is 11.3 Å². The van der Waals surface area contributed by atoms with Crippen molar-refractivity contribution in [3.63, 3.8) is 0 Å². The smallest absolute Gasteiger partial charge is 0.266 e. The Morgan fingerprint density at radius 3 is 2.76 bits per heavy atom. The second-order valence-corrected chi connectivity index (χ2v) is 6.21. The molecule has 114 valence electrons. The van der Waals surface area contributed by atoms with Gasteiger partial charge in [0.05, 0.1) is 18.3 Å². The van der Waals surface area contributed by atoms with Gasteiger partial charge in [-0.1, -0.05) is 18.2 Å². The van der Waals surface area contributed by atoms with Gasteiger partial charge in [0.15, 0.2) is 0 Å². The van der Waals surface area contributed by atoms with E-state index in [1.54, 1.807) is 12.0 Å². The fraction of sp³-hybridized carbons (Fsp3) is 0.438. The van der Waals surface area contributed by atoms with Crippen LogP contribution in [0.25, 0.3) is 10.1 Å². The first kappa shape index (κ1) is 15.8. The second kappa shape index (κ2) is 6.45. The van der Waals surface area contributed by atoms with Crippen LogP contribution in [0.5, 0.6) is 0 Å². The number of hydrogen-bond donors (Lipinski definition) is 1. The van der Waals surface area contributed by atoms with Crippen molar-refractivity contribution in [2.45, 2.75) is 26.8 Å². The molecule has 4 nitrogen and oxygen atoms in total. The zero-order valence-corrected chi connectivity index (χ0v) is 13.8. The standard InChI is InChI=1S/C16H22N2O2S/c1-5-18(11(3)9-20-4)16(19)15-13(17)12-8-6-7-10(2)14(12)21-15/h6-8,11H,5,9,17H2,1-4H3. The molecule has 1 aromatic heterocycles. The van der Waals surface area contributed by atoms with Crippen molar-refractivity contribution in [2.24, 2.45) is 0 Å². The highest BCUT2D eigenvalue weighted by Gasteiger charge is 2.24. The molecule has 21 heavy (non-hydrogen) atoms. The summed E-state index contributed by atoms with van der Waals surface area (Å²) in [5.74, 6) is -0.0137. The number of benzene rings is 1. The van der Waals surface area contributed by atoms with E-state index in [0.29, 0.717) is 23.7 Å². The van der Waals surface area contributed by atoms with Crippen molar-refractivity contribution in [3.05, 3.63) is 28.6 Å². The van der Waals surface area contributed by atoms with E-state index in [1.807, 2.05) is 39.0 Å². The monoisotopic (exact) mass is 306 g/mol. The van der Waals surface area contributed by atoms with Gasteiger partial charge in [0.25, 0.3) is 5.91 Å². The van der Waals surface area contributed by atoms with Crippen molar-refractivity contribution in [3.8, 4) is 0 Å². The third-order valence-electron chi connectivity index (χ3n) is 3.69. The molecule has 5 heteroatoms. The van der Waals surface area contributed by atoms with Crippen molar-refractivity contribution in [1.82, 2.24) is 4.90 Å². The molecule has 0 aliphatic heterocycles. The van der Waals surface area contributed by atoms with Crippen LogP contribution in [0.1, 0.15) is 29.1 Å². The number of carbonyl (C=O) groups excluding carboxylic acids is 1. The highest BCUT2D eigenvalue weighted by molar-refractivity contribution is 7.21. The Bertz CT molecular complexity index is 651. The van der Waals surface area contributed by atoms with Crippen LogP contribution in [-0.2, 0) is 4.74 Å². The highest BCUT2D eigenvalue weighted by atomic mass is 32.1. The molecule has 1 heterocycles. The van der Waals surface area contributed by atoms with Gasteiger partial charge in [0, 0.05) is 23.7 Å². The number of likely N-dealkylation sites (N-methyl/N-ethyl adjacent to an activating group) is 1. The van der Waals surface area contributed by atoms with Crippen LogP contribution in [0.2, 0.25) is 0 Å². The number of hydrogen-bond acceptors (Lipinski definition) is 4. The van der Waals surface area contributed by atoms with E-state index >= 15 is 0 Å². The van der Waals surface area contributed by atoms with Gasteiger partial charge in [0.1, 0.15) is 4.88 Å². The van der Waals surface area contributed by atoms with E-state index in [9.17, 15) is 4.79 Å². The number of rotatable bonds is 5. The molecule has 2 aromatic rings. The normalized spacial score (nSPS) is 12.6. The van der Waals surface area contributed by atoms with Crippen LogP contribution in [-0.4, -0.2) is 37.1 Å². The lowest BCUT2D eigenvalue weighted by molar-refractivity contribution is 0.0585. The second-order valence-electron chi connectivity index (χ2n) is 5.19. The Morgan fingerprint density at radius 1 is 1.48 bits per heavy atom. The zero-order chi connectivity index (χ0) is 15.6. The SMILES string of the molecule is CCN(C(=O)c1sc2c(C)cccc2c1N)C(C)COC. The first-order valence-corrected chi connectivity index (χ1v) is 7.90. The van der Waals surface area contributed by atoms with Crippen LogP contribution in [0.15, 0.2) is 18.2 Å². The van der Waals surface area contributed by atoms with Crippen LogP contribution in [0.4, 0.5) is 5.69 Å². The van der Waals surface area contributed by atoms with Crippen molar-refractivity contribution in [1.29, 1.82) is 0 Å². The zero-order valence-electron chi connectivity index (χ0n) is 13.0. The fourth-order valence-electron chi connectivity index (χ4n) is 2.56. The first-order chi connectivity index (χ1) is 10.0. The molecule has 0 radical (unpaired) electrons. The molecule has 2 N–H and O–H groups in total. The molecule has 1 aromatic carbocycles. The largest absolute Gasteiger partial charge is 0.397 e. The molecule has 0 aliphatic rings. The third-order valence-corrected chi connectivity index (χ3v) is 5.03. The quantitative estimate of drug-likeness (QED) is 0.922. The number of nitrogens with zero attached hydrogens (tertiary/aromatic N) is 1. The van der Waals surface area contributed by atoms with Crippen LogP contribution >= 0.6 is 11.3 Å². The van der Waals surface area contributed by atoms with Crippen LogP contribution < -0.4 is 5.73 Å². The summed E-state index contributed by atoms with van der Waals surface area (Å²) in [7, 11) is 1.64. The molecule has 0 spiro atoms. The number of thiophene rings is 1. The number of carbonyl (C=O) groups is 1. The molecule has 1 amide bonds. The summed E-state index contributed by atoms with van der Waals surface area (Å²) in [6.45, 7) is 7.15. The maximum atomic E-state index is 12.8. The summed E-state index contributed by atoms with van der Waals surface area (Å²) >= 11 is 1.48. The Labute approximate surface area is 129 Å². The predicted octanol–water partition coefficient (Wildman–Crippen LogP) is 3.29. The molecular weight excluding hydrogens is 284 g/mol. The van der Waals surface area contributed by atoms with Gasteiger partial charge in [-0.05, 0) is 26.3 Å². The predicted molar refractivity (Wildman–Crippen MR) is 89.0 cm³/mol. The topological polar surface area (TPSA) is 55.6 Å². The Balaban J connectivity index is 2.43. The lowest BCUT2D eigenvalue weighted by Crippen LogP contribution is -2.40. The maximum Gasteiger partial charge on any atom is 0.266 e. The number of fused-ring (bicyclic) bond motifs is 1. The molecule has 0 saturated heterocycles. The Kier molecular flexibility index (Phi) is 4.85. The minimum Gasteiger partial charge on any atom is -0.397 e. The minimum atomic E-state index is -0.0137. The van der Waals surface area contributed by atoms with Crippen LogP contribution in [0.3, 0.4) is 0 Å². The molecule has 1 atom stereocenters. The molecular formula is C16H22N2O2S. The lowest BCUT2D eigenvalue weighted by Gasteiger charge is -2.27. The number of anilines is 1. The average molecular weight is 306 g/mol. The van der Waals surface area contributed by atoms with Gasteiger partial charge in [-0.25, -0.2) is 0 Å². The maximum absolute atomic E-state index is 12.8. The number of methoxy groups -OCH3 is 1. The molecule has 2 rings (SSSR count). The van der Waals surface area contributed by atoms with Gasteiger partial charge in [-0.3, -0.25) is 4.79 Å².